The van der Waals surface area contributed by atoms with Crippen molar-refractivity contribution in [2.75, 3.05) is 19.6 Å². The van der Waals surface area contributed by atoms with Crippen LogP contribution in [-0.4, -0.2) is 38.4 Å². The summed E-state index contributed by atoms with van der Waals surface area (Å²) in [6, 6.07) is 3.91. The minimum absolute atomic E-state index is 0.407. The molecule has 0 aromatic carbocycles. The minimum atomic E-state index is -3.32. The third kappa shape index (κ3) is 4.04. The molecule has 114 valence electrons. The fraction of sp³-hybridized carbons (Fsp3) is 0.692. The van der Waals surface area contributed by atoms with Crippen molar-refractivity contribution in [1.82, 2.24) is 9.62 Å². The van der Waals surface area contributed by atoms with Gasteiger partial charge in [0.05, 0.1) is 3.79 Å². The van der Waals surface area contributed by atoms with E-state index < -0.39 is 10.0 Å². The normalized spacial score (nSPS) is 21.5. The van der Waals surface area contributed by atoms with E-state index in [-0.39, 0.29) is 0 Å². The Labute approximate surface area is 133 Å². The first-order valence-corrected chi connectivity index (χ1v) is 9.93. The highest BCUT2D eigenvalue weighted by Crippen LogP contribution is 2.30. The van der Waals surface area contributed by atoms with E-state index in [9.17, 15) is 8.42 Å². The van der Waals surface area contributed by atoms with E-state index in [1.807, 2.05) is 0 Å². The molecule has 0 saturated carbocycles. The summed E-state index contributed by atoms with van der Waals surface area (Å²) < 4.78 is 28.1. The summed E-state index contributed by atoms with van der Waals surface area (Å²) in [5, 5.41) is 3.40. The van der Waals surface area contributed by atoms with Crippen molar-refractivity contribution in [2.24, 2.45) is 5.92 Å². The van der Waals surface area contributed by atoms with Crippen molar-refractivity contribution in [3.63, 3.8) is 0 Å². The lowest BCUT2D eigenvalue weighted by Gasteiger charge is -2.32. The number of thiophene rings is 1. The molecule has 1 aromatic heterocycles. The molecule has 1 saturated heterocycles. The van der Waals surface area contributed by atoms with Gasteiger partial charge in [-0.25, -0.2) is 8.42 Å². The molecule has 0 radical (unpaired) electrons. The van der Waals surface area contributed by atoms with Gasteiger partial charge in [0.15, 0.2) is 0 Å². The van der Waals surface area contributed by atoms with Crippen LogP contribution in [0.5, 0.6) is 0 Å². The van der Waals surface area contributed by atoms with Crippen molar-refractivity contribution < 1.29 is 8.42 Å². The lowest BCUT2D eigenvalue weighted by Crippen LogP contribution is -2.43. The summed E-state index contributed by atoms with van der Waals surface area (Å²) in [6.07, 6.45) is 2.04. The summed E-state index contributed by atoms with van der Waals surface area (Å²) in [5.74, 6) is 0.407. The number of rotatable bonds is 5. The Morgan fingerprint density at radius 1 is 1.50 bits per heavy atom. The lowest BCUT2D eigenvalue weighted by molar-refractivity contribution is 0.257. The van der Waals surface area contributed by atoms with Gasteiger partial charge in [0.2, 0.25) is 0 Å². The van der Waals surface area contributed by atoms with E-state index in [4.69, 9.17) is 0 Å². The van der Waals surface area contributed by atoms with Crippen molar-refractivity contribution in [3.05, 3.63) is 15.9 Å². The maximum absolute atomic E-state index is 12.6. The van der Waals surface area contributed by atoms with E-state index in [0.29, 0.717) is 29.3 Å². The Bertz CT molecular complexity index is 542. The Morgan fingerprint density at radius 2 is 2.25 bits per heavy atom. The van der Waals surface area contributed by atoms with E-state index in [1.165, 1.54) is 11.3 Å². The zero-order chi connectivity index (χ0) is 14.8. The maximum Gasteiger partial charge on any atom is 0.252 e. The van der Waals surface area contributed by atoms with Gasteiger partial charge < -0.3 is 5.32 Å². The van der Waals surface area contributed by atoms with Crippen LogP contribution in [-0.2, 0) is 10.0 Å². The minimum Gasteiger partial charge on any atom is -0.314 e. The quantitative estimate of drug-likeness (QED) is 0.853. The second kappa shape index (κ2) is 6.87. The topological polar surface area (TPSA) is 49.4 Å². The second-order valence-electron chi connectivity index (χ2n) is 5.49. The van der Waals surface area contributed by atoms with Crippen molar-refractivity contribution in [1.29, 1.82) is 0 Å². The van der Waals surface area contributed by atoms with Crippen LogP contribution in [0.25, 0.3) is 0 Å². The fourth-order valence-electron chi connectivity index (χ4n) is 2.38. The zero-order valence-corrected chi connectivity index (χ0v) is 15.0. The number of hydrogen-bond acceptors (Lipinski definition) is 4. The van der Waals surface area contributed by atoms with Crippen LogP contribution >= 0.6 is 27.3 Å². The molecule has 0 spiro atoms. The summed E-state index contributed by atoms with van der Waals surface area (Å²) >= 11 is 4.61. The first-order chi connectivity index (χ1) is 9.39. The number of nitrogens with zero attached hydrogens (tertiary/aromatic N) is 1. The second-order valence-corrected chi connectivity index (χ2v) is 10.1. The average Bonchev–Trinajstić information content (AvgIpc) is 2.84. The van der Waals surface area contributed by atoms with Gasteiger partial charge in [-0.05, 0) is 53.4 Å². The van der Waals surface area contributed by atoms with Crippen LogP contribution in [0.2, 0.25) is 0 Å². The summed E-state index contributed by atoms with van der Waals surface area (Å²) in [4.78, 5) is 0. The van der Waals surface area contributed by atoms with Gasteiger partial charge in [0.1, 0.15) is 4.21 Å². The smallest absolute Gasteiger partial charge is 0.252 e. The molecule has 7 heteroatoms. The number of nitrogens with one attached hydrogen (secondary N) is 1. The van der Waals surface area contributed by atoms with E-state index in [2.05, 4.69) is 35.1 Å². The van der Waals surface area contributed by atoms with Crippen LogP contribution < -0.4 is 5.32 Å². The number of sulfonamides is 1. The van der Waals surface area contributed by atoms with Gasteiger partial charge in [-0.1, -0.05) is 13.8 Å². The van der Waals surface area contributed by atoms with Crippen molar-refractivity contribution in [2.45, 2.75) is 36.9 Å². The van der Waals surface area contributed by atoms with Gasteiger partial charge in [0, 0.05) is 19.1 Å². The molecule has 1 aromatic rings. The molecule has 1 fully saturated rings. The van der Waals surface area contributed by atoms with Crippen LogP contribution in [0, 0.1) is 5.92 Å². The van der Waals surface area contributed by atoms with Gasteiger partial charge in [-0.2, -0.15) is 4.31 Å². The molecular weight excluding hydrogens is 360 g/mol. The average molecular weight is 381 g/mol. The largest absolute Gasteiger partial charge is 0.314 e. The molecular formula is C13H21BrN2O2S2. The van der Waals surface area contributed by atoms with E-state index in [1.54, 1.807) is 16.4 Å². The third-order valence-corrected chi connectivity index (χ3v) is 7.40. The predicted octanol–water partition coefficient (Wildman–Crippen LogP) is 2.91. The molecule has 2 rings (SSSR count). The third-order valence-electron chi connectivity index (χ3n) is 3.44. The SMILES string of the molecule is CC(C)NCC1CCCN(S(=O)(=O)c2ccc(Br)s2)C1. The molecule has 2 heterocycles. The first kappa shape index (κ1) is 16.4. The summed E-state index contributed by atoms with van der Waals surface area (Å²) in [6.45, 7) is 6.37. The van der Waals surface area contributed by atoms with Gasteiger partial charge in [0.25, 0.3) is 10.0 Å². The molecule has 0 bridgehead atoms. The van der Waals surface area contributed by atoms with Crippen LogP contribution in [0.3, 0.4) is 0 Å². The number of halogens is 1. The monoisotopic (exact) mass is 380 g/mol. The van der Waals surface area contributed by atoms with Crippen molar-refractivity contribution in [3.8, 4) is 0 Å². The number of piperidine rings is 1. The standard InChI is InChI=1S/C13H21BrN2O2S2/c1-10(2)15-8-11-4-3-7-16(9-11)20(17,18)13-6-5-12(14)19-13/h5-6,10-11,15H,3-4,7-9H2,1-2H3. The highest BCUT2D eigenvalue weighted by atomic mass is 79.9. The van der Waals surface area contributed by atoms with Gasteiger partial charge in [-0.3, -0.25) is 0 Å². The Kier molecular flexibility index (Phi) is 5.64. The molecule has 1 aliphatic heterocycles. The first-order valence-electron chi connectivity index (χ1n) is 6.88. The molecule has 20 heavy (non-hydrogen) atoms. The Morgan fingerprint density at radius 3 is 2.85 bits per heavy atom. The lowest BCUT2D eigenvalue weighted by atomic mass is 9.99. The molecule has 1 atom stereocenters. The molecule has 1 aliphatic rings. The van der Waals surface area contributed by atoms with E-state index >= 15 is 0 Å². The molecule has 1 N–H and O–H groups in total. The fourth-order valence-corrected chi connectivity index (χ4v) is 6.10. The molecule has 0 amide bonds. The molecule has 1 unspecified atom stereocenters. The van der Waals surface area contributed by atoms with Crippen molar-refractivity contribution >= 4 is 37.3 Å². The number of hydrogen-bond donors (Lipinski definition) is 1. The zero-order valence-electron chi connectivity index (χ0n) is 11.8. The summed E-state index contributed by atoms with van der Waals surface area (Å²) in [5.41, 5.74) is 0. The van der Waals surface area contributed by atoms with Gasteiger partial charge in [-0.15, -0.1) is 11.3 Å². The van der Waals surface area contributed by atoms with Gasteiger partial charge >= 0.3 is 0 Å². The van der Waals surface area contributed by atoms with E-state index in [0.717, 1.165) is 23.2 Å². The van der Waals surface area contributed by atoms with Crippen LogP contribution in [0.1, 0.15) is 26.7 Å². The maximum atomic E-state index is 12.6. The molecule has 0 aliphatic carbocycles. The predicted molar refractivity (Wildman–Crippen MR) is 86.6 cm³/mol. The molecule has 4 nitrogen and oxygen atoms in total. The Balaban J connectivity index is 2.04. The van der Waals surface area contributed by atoms with Crippen LogP contribution in [0.4, 0.5) is 0 Å². The Hall–Kier alpha value is 0.0500. The highest BCUT2D eigenvalue weighted by Gasteiger charge is 2.31. The highest BCUT2D eigenvalue weighted by molar-refractivity contribution is 9.11. The summed E-state index contributed by atoms with van der Waals surface area (Å²) in [7, 11) is -3.32. The van der Waals surface area contributed by atoms with Crippen LogP contribution in [0.15, 0.2) is 20.1 Å².